The van der Waals surface area contributed by atoms with E-state index in [0.29, 0.717) is 48.9 Å². The van der Waals surface area contributed by atoms with E-state index in [9.17, 15) is 0 Å². The van der Waals surface area contributed by atoms with Gasteiger partial charge in [0.15, 0.2) is 0 Å². The normalized spacial score (nSPS) is 26.4. The van der Waals surface area contributed by atoms with Crippen molar-refractivity contribution in [3.05, 3.63) is 58.4 Å². The van der Waals surface area contributed by atoms with Crippen LogP contribution in [0.1, 0.15) is 68.3 Å². The molecule has 2 bridgehead atoms. The van der Waals surface area contributed by atoms with Crippen molar-refractivity contribution in [2.24, 2.45) is 0 Å². The van der Waals surface area contributed by atoms with Gasteiger partial charge in [0.1, 0.15) is 12.4 Å². The van der Waals surface area contributed by atoms with Crippen LogP contribution in [0.25, 0.3) is 0 Å². The van der Waals surface area contributed by atoms with Gasteiger partial charge in [0.2, 0.25) is 0 Å². The number of nitrogens with zero attached hydrogens (tertiary/aromatic N) is 1. The van der Waals surface area contributed by atoms with Crippen LogP contribution in [-0.2, 0) is 32.8 Å². The molecule has 0 unspecified atom stereocenters. The molecule has 2 saturated carbocycles. The quantitative estimate of drug-likeness (QED) is 0.330. The van der Waals surface area contributed by atoms with E-state index in [-0.39, 0.29) is 13.1 Å². The molecule has 4 atom stereocenters. The summed E-state index contributed by atoms with van der Waals surface area (Å²) in [5, 5.41) is 15.9. The topological polar surface area (TPSA) is 70.2 Å². The van der Waals surface area contributed by atoms with Crippen LogP contribution in [-0.4, -0.2) is 42.2 Å². The van der Waals surface area contributed by atoms with Gasteiger partial charge in [-0.05, 0) is 31.2 Å². The molecule has 38 heavy (non-hydrogen) atoms. The summed E-state index contributed by atoms with van der Waals surface area (Å²) in [4.78, 5) is 5.05. The maximum atomic E-state index is 6.75. The number of pyridine rings is 1. The molecule has 211 valence electrons. The maximum absolute atomic E-state index is 6.75. The number of benzene rings is 1. The Balaban J connectivity index is 0.00000107. The molecule has 0 radical (unpaired) electrons. The first-order valence-corrected chi connectivity index (χ1v) is 17.5. The fraction of sp³-hybridized carbons (Fsp3) is 0.607. The zero-order valence-electron chi connectivity index (χ0n) is 21.8. The van der Waals surface area contributed by atoms with Gasteiger partial charge in [0.25, 0.3) is 0 Å². The molecule has 1 aliphatic heterocycles. The van der Waals surface area contributed by atoms with Gasteiger partial charge >= 0.3 is 33.3 Å². The summed E-state index contributed by atoms with van der Waals surface area (Å²) in [5.41, 5.74) is 2.99. The molecule has 2 fully saturated rings. The summed E-state index contributed by atoms with van der Waals surface area (Å²) in [6, 6.07) is 14.1. The van der Waals surface area contributed by atoms with Crippen molar-refractivity contribution in [1.82, 2.24) is 26.3 Å². The molecule has 2 aromatic rings. The zero-order valence-corrected chi connectivity index (χ0v) is 25.3. The minimum atomic E-state index is 0.00694. The Morgan fingerprint density at radius 2 is 1.26 bits per heavy atom. The number of ether oxygens (including phenoxy) is 1. The van der Waals surface area contributed by atoms with Crippen LogP contribution < -0.4 is 26.0 Å². The standard InChI is InChI=1S/C28H40ClN5O.2ClH.Mn/c29-21-16-28(35-19-20-8-2-1-3-9-20)27-18-33-25-13-7-5-11-23(25)31-15-14-30-22-10-4-6-12-24(22)32-17-26(21)34-27;;;/h1-3,8-9,16,22-25,30-33H,4-7,10-15,17-19H2;2*1H;/q;;;+2/p-2/t22-,23-,24-,25-;;;/m1.../s1. The van der Waals surface area contributed by atoms with Crippen LogP contribution >= 0.6 is 31.8 Å². The molecule has 6 nitrogen and oxygen atoms in total. The predicted octanol–water partition coefficient (Wildman–Crippen LogP) is 5.68. The third-order valence-corrected chi connectivity index (χ3v) is 8.19. The van der Waals surface area contributed by atoms with E-state index in [2.05, 4.69) is 33.4 Å². The Kier molecular flexibility index (Phi) is 13.3. The molecular weight excluding hydrogens is 584 g/mol. The van der Waals surface area contributed by atoms with E-state index < -0.39 is 0 Å². The first-order valence-electron chi connectivity index (χ1n) is 13.8. The number of hydrogen-bond acceptors (Lipinski definition) is 6. The van der Waals surface area contributed by atoms with Crippen LogP contribution in [0, 0.1) is 0 Å². The van der Waals surface area contributed by atoms with Crippen LogP contribution in [0.15, 0.2) is 36.4 Å². The van der Waals surface area contributed by atoms with E-state index in [1.807, 2.05) is 24.3 Å². The monoisotopic (exact) mass is 622 g/mol. The summed E-state index contributed by atoms with van der Waals surface area (Å²) < 4.78 is 6.26. The van der Waals surface area contributed by atoms with Crippen LogP contribution in [0.5, 0.6) is 5.75 Å². The van der Waals surface area contributed by atoms with E-state index >= 15 is 0 Å². The average molecular weight is 624 g/mol. The summed E-state index contributed by atoms with van der Waals surface area (Å²) in [6.07, 6.45) is 9.99. The Morgan fingerprint density at radius 3 is 1.82 bits per heavy atom. The van der Waals surface area contributed by atoms with Crippen molar-refractivity contribution in [2.45, 2.75) is 95.2 Å². The SMILES string of the molecule is Clc1cc(OCc2ccccc2)c2nc1CN[C@@H]1CCCC[C@H]1NCCN[C@@H]1CCCC[C@H]1NC2.[Cl][Mn][Cl]. The Hall–Kier alpha value is -0.601. The number of aromatic nitrogens is 1. The Bertz CT molecular complexity index is 973. The molecule has 10 heteroatoms. The van der Waals surface area contributed by atoms with Crippen LogP contribution in [0.2, 0.25) is 5.02 Å². The average Bonchev–Trinajstić information content (AvgIpc) is 2.95. The van der Waals surface area contributed by atoms with Crippen molar-refractivity contribution in [1.29, 1.82) is 0 Å². The zero-order chi connectivity index (χ0) is 26.6. The molecule has 3 aliphatic rings. The van der Waals surface area contributed by atoms with Gasteiger partial charge in [-0.2, -0.15) is 0 Å². The molecule has 2 heterocycles. The van der Waals surface area contributed by atoms with E-state index in [1.54, 1.807) is 0 Å². The number of rotatable bonds is 3. The molecule has 0 spiro atoms. The first kappa shape index (κ1) is 30.4. The van der Waals surface area contributed by atoms with Gasteiger partial charge in [0.05, 0.1) is 16.4 Å². The third-order valence-electron chi connectivity index (χ3n) is 7.86. The van der Waals surface area contributed by atoms with Crippen LogP contribution in [0.4, 0.5) is 0 Å². The van der Waals surface area contributed by atoms with Gasteiger partial charge in [-0.1, -0.05) is 67.6 Å². The molecule has 1 aromatic carbocycles. The second kappa shape index (κ2) is 16.6. The first-order chi connectivity index (χ1) is 18.7. The van der Waals surface area contributed by atoms with Crippen molar-refractivity contribution in [2.75, 3.05) is 13.1 Å². The summed E-state index contributed by atoms with van der Waals surface area (Å²) in [5.74, 6) is 0.775. The van der Waals surface area contributed by atoms with Crippen molar-refractivity contribution >= 4 is 31.8 Å². The van der Waals surface area contributed by atoms with Gasteiger partial charge in [-0.15, -0.1) is 0 Å². The van der Waals surface area contributed by atoms with E-state index in [1.165, 1.54) is 51.4 Å². The van der Waals surface area contributed by atoms with Gasteiger partial charge < -0.3 is 26.0 Å². The van der Waals surface area contributed by atoms with Gasteiger partial charge in [0, 0.05) is 56.4 Å². The third kappa shape index (κ3) is 9.22. The Labute approximate surface area is 247 Å². The van der Waals surface area contributed by atoms with Crippen molar-refractivity contribution < 1.29 is 17.9 Å². The molecule has 1 aromatic heterocycles. The number of nitrogens with one attached hydrogen (secondary N) is 4. The summed E-state index contributed by atoms with van der Waals surface area (Å²) in [7, 11) is 9.59. The Morgan fingerprint density at radius 1 is 0.763 bits per heavy atom. The summed E-state index contributed by atoms with van der Waals surface area (Å²) >= 11 is 6.76. The molecule has 0 saturated heterocycles. The van der Waals surface area contributed by atoms with E-state index in [4.69, 9.17) is 41.5 Å². The predicted molar refractivity (Wildman–Crippen MR) is 153 cm³/mol. The number of halogens is 3. The van der Waals surface area contributed by atoms with Crippen molar-refractivity contribution in [3.8, 4) is 5.75 Å². The molecular formula is C28H40Cl3MnN5O. The van der Waals surface area contributed by atoms with Gasteiger partial charge in [-0.3, -0.25) is 0 Å². The molecule has 2 aliphatic carbocycles. The molecule has 5 rings (SSSR count). The second-order valence-electron chi connectivity index (χ2n) is 10.4. The summed E-state index contributed by atoms with van der Waals surface area (Å²) in [6.45, 7) is 3.89. The second-order valence-corrected chi connectivity index (χ2v) is 12.7. The number of fused-ring (bicyclic) bond motifs is 4. The fourth-order valence-electron chi connectivity index (χ4n) is 5.87. The van der Waals surface area contributed by atoms with E-state index in [0.717, 1.165) is 35.8 Å². The number of hydrogen-bond donors (Lipinski definition) is 4. The fourth-order valence-corrected chi connectivity index (χ4v) is 6.08. The van der Waals surface area contributed by atoms with Crippen LogP contribution in [0.3, 0.4) is 0 Å². The molecule has 4 N–H and O–H groups in total. The van der Waals surface area contributed by atoms with Crippen molar-refractivity contribution in [3.63, 3.8) is 0 Å². The minimum absolute atomic E-state index is 0.00694. The molecule has 0 amide bonds. The van der Waals surface area contributed by atoms with Gasteiger partial charge in [-0.25, -0.2) is 4.98 Å².